The lowest BCUT2D eigenvalue weighted by Crippen LogP contribution is -2.31. The van der Waals surface area contributed by atoms with Gasteiger partial charge in [0.25, 0.3) is 0 Å². The van der Waals surface area contributed by atoms with E-state index >= 15 is 0 Å². The van der Waals surface area contributed by atoms with Crippen molar-refractivity contribution in [2.75, 3.05) is 6.54 Å². The van der Waals surface area contributed by atoms with Gasteiger partial charge in [0, 0.05) is 26.1 Å². The normalized spacial score (nSPS) is 14.8. The summed E-state index contributed by atoms with van der Waals surface area (Å²) in [6.07, 6.45) is 2.09. The maximum absolute atomic E-state index is 10.9. The molecule has 1 N–H and O–H groups in total. The topological polar surface area (TPSA) is 66.3 Å². The van der Waals surface area contributed by atoms with E-state index in [1.807, 2.05) is 18.2 Å². The van der Waals surface area contributed by atoms with Gasteiger partial charge in [-0.15, -0.1) is 0 Å². The van der Waals surface area contributed by atoms with Crippen LogP contribution in [0.5, 0.6) is 0 Å². The van der Waals surface area contributed by atoms with Gasteiger partial charge in [0.15, 0.2) is 5.69 Å². The molecule has 2 aromatic rings. The number of rotatable bonds is 3. The summed E-state index contributed by atoms with van der Waals surface area (Å²) in [6.45, 7) is 2.47. The highest BCUT2D eigenvalue weighted by Gasteiger charge is 2.20. The van der Waals surface area contributed by atoms with E-state index in [2.05, 4.69) is 27.0 Å². The lowest BCUT2D eigenvalue weighted by molar-refractivity contribution is 0.0689. The van der Waals surface area contributed by atoms with E-state index in [0.717, 1.165) is 37.4 Å². The van der Waals surface area contributed by atoms with Crippen molar-refractivity contribution in [3.05, 3.63) is 59.2 Å². The van der Waals surface area contributed by atoms with Gasteiger partial charge in [-0.25, -0.2) is 9.78 Å². The second-order valence-corrected chi connectivity index (χ2v) is 4.90. The zero-order valence-corrected chi connectivity index (χ0v) is 11.0. The molecule has 20 heavy (non-hydrogen) atoms. The van der Waals surface area contributed by atoms with E-state index in [1.165, 1.54) is 11.8 Å². The number of hydrogen-bond donors (Lipinski definition) is 1. The molecule has 0 saturated carbocycles. The minimum atomic E-state index is -1.02. The zero-order chi connectivity index (χ0) is 13.9. The monoisotopic (exact) mass is 269 g/mol. The van der Waals surface area contributed by atoms with Gasteiger partial charge < -0.3 is 5.11 Å². The summed E-state index contributed by atoms with van der Waals surface area (Å²) in [5.41, 5.74) is 3.00. The third-order valence-corrected chi connectivity index (χ3v) is 3.44. The van der Waals surface area contributed by atoms with Crippen LogP contribution in [-0.4, -0.2) is 32.5 Å². The van der Waals surface area contributed by atoms with Gasteiger partial charge in [-0.05, 0) is 5.56 Å². The SMILES string of the molecule is O=C(O)c1cnc2c(n1)CCN(Cc1ccccc1)C2. The van der Waals surface area contributed by atoms with Crippen molar-refractivity contribution in [3.8, 4) is 0 Å². The summed E-state index contributed by atoms with van der Waals surface area (Å²) in [4.78, 5) is 21.6. The molecule has 0 saturated heterocycles. The first kappa shape index (κ1) is 12.7. The number of carbonyl (C=O) groups is 1. The zero-order valence-electron chi connectivity index (χ0n) is 11.0. The Hall–Kier alpha value is -2.27. The highest BCUT2D eigenvalue weighted by atomic mass is 16.4. The summed E-state index contributed by atoms with van der Waals surface area (Å²) in [7, 11) is 0. The molecule has 0 amide bonds. The lowest BCUT2D eigenvalue weighted by Gasteiger charge is -2.27. The average molecular weight is 269 g/mol. The molecule has 5 nitrogen and oxygen atoms in total. The van der Waals surface area contributed by atoms with Crippen LogP contribution in [0.15, 0.2) is 36.5 Å². The third-order valence-electron chi connectivity index (χ3n) is 3.44. The van der Waals surface area contributed by atoms with E-state index in [4.69, 9.17) is 5.11 Å². The molecule has 1 aromatic heterocycles. The van der Waals surface area contributed by atoms with Crippen LogP contribution in [0.4, 0.5) is 0 Å². The van der Waals surface area contributed by atoms with Gasteiger partial charge >= 0.3 is 5.97 Å². The molecule has 0 bridgehead atoms. The standard InChI is InChI=1S/C15H15N3O2/c19-15(20)13-8-16-14-10-18(7-6-12(14)17-13)9-11-4-2-1-3-5-11/h1-5,8H,6-7,9-10H2,(H,19,20). The van der Waals surface area contributed by atoms with E-state index in [9.17, 15) is 4.79 Å². The largest absolute Gasteiger partial charge is 0.476 e. The number of carboxylic acid groups (broad SMARTS) is 1. The molecule has 0 spiro atoms. The molecule has 0 atom stereocenters. The van der Waals surface area contributed by atoms with Gasteiger partial charge in [0.1, 0.15) is 0 Å². The Morgan fingerprint density at radius 1 is 1.25 bits per heavy atom. The van der Waals surface area contributed by atoms with E-state index in [0.29, 0.717) is 0 Å². The van der Waals surface area contributed by atoms with Crippen LogP contribution in [0.2, 0.25) is 0 Å². The number of fused-ring (bicyclic) bond motifs is 1. The average Bonchev–Trinajstić information content (AvgIpc) is 2.47. The second kappa shape index (κ2) is 5.38. The Bertz CT molecular complexity index is 628. The Morgan fingerprint density at radius 2 is 2.05 bits per heavy atom. The van der Waals surface area contributed by atoms with Crippen molar-refractivity contribution < 1.29 is 9.90 Å². The molecule has 0 aliphatic carbocycles. The van der Waals surface area contributed by atoms with Crippen molar-refractivity contribution in [2.45, 2.75) is 19.5 Å². The molecular weight excluding hydrogens is 254 g/mol. The summed E-state index contributed by atoms with van der Waals surface area (Å²) >= 11 is 0. The van der Waals surface area contributed by atoms with Crippen molar-refractivity contribution >= 4 is 5.97 Å². The molecule has 0 fully saturated rings. The predicted molar refractivity (Wildman–Crippen MR) is 73.3 cm³/mol. The molecule has 1 aromatic carbocycles. The minimum absolute atomic E-state index is 0.0280. The molecule has 2 heterocycles. The molecule has 102 valence electrons. The maximum atomic E-state index is 10.9. The van der Waals surface area contributed by atoms with Gasteiger partial charge in [0.2, 0.25) is 0 Å². The number of nitrogens with zero attached hydrogens (tertiary/aromatic N) is 3. The fourth-order valence-electron chi connectivity index (χ4n) is 2.42. The van der Waals surface area contributed by atoms with Crippen LogP contribution in [0.1, 0.15) is 27.4 Å². The second-order valence-electron chi connectivity index (χ2n) is 4.90. The Kier molecular flexibility index (Phi) is 3.43. The van der Waals surface area contributed by atoms with Crippen LogP contribution < -0.4 is 0 Å². The molecule has 1 aliphatic heterocycles. The summed E-state index contributed by atoms with van der Waals surface area (Å²) in [5.74, 6) is -1.02. The first-order valence-corrected chi connectivity index (χ1v) is 6.57. The van der Waals surface area contributed by atoms with Gasteiger partial charge in [-0.2, -0.15) is 0 Å². The van der Waals surface area contributed by atoms with Crippen molar-refractivity contribution in [1.29, 1.82) is 0 Å². The fourth-order valence-corrected chi connectivity index (χ4v) is 2.42. The first-order chi connectivity index (χ1) is 9.72. The Morgan fingerprint density at radius 3 is 2.80 bits per heavy atom. The van der Waals surface area contributed by atoms with E-state index in [1.54, 1.807) is 0 Å². The van der Waals surface area contributed by atoms with Crippen LogP contribution in [0.25, 0.3) is 0 Å². The summed E-state index contributed by atoms with van der Waals surface area (Å²) < 4.78 is 0. The summed E-state index contributed by atoms with van der Waals surface area (Å²) in [5, 5.41) is 8.92. The van der Waals surface area contributed by atoms with Crippen LogP contribution >= 0.6 is 0 Å². The van der Waals surface area contributed by atoms with Crippen molar-refractivity contribution in [1.82, 2.24) is 14.9 Å². The van der Waals surface area contributed by atoms with E-state index < -0.39 is 5.97 Å². The lowest BCUT2D eigenvalue weighted by atomic mass is 10.1. The molecule has 0 unspecified atom stereocenters. The first-order valence-electron chi connectivity index (χ1n) is 6.57. The predicted octanol–water partition coefficient (Wildman–Crippen LogP) is 1.73. The molecule has 1 aliphatic rings. The molecule has 5 heteroatoms. The number of carboxylic acids is 1. The fraction of sp³-hybridized carbons (Fsp3) is 0.267. The minimum Gasteiger partial charge on any atom is -0.476 e. The van der Waals surface area contributed by atoms with Crippen LogP contribution in [0, 0.1) is 0 Å². The van der Waals surface area contributed by atoms with Gasteiger partial charge in [-0.1, -0.05) is 30.3 Å². The summed E-state index contributed by atoms with van der Waals surface area (Å²) in [6, 6.07) is 10.3. The van der Waals surface area contributed by atoms with E-state index in [-0.39, 0.29) is 5.69 Å². The maximum Gasteiger partial charge on any atom is 0.356 e. The van der Waals surface area contributed by atoms with Crippen LogP contribution in [-0.2, 0) is 19.5 Å². The molecule has 0 radical (unpaired) electrons. The molecule has 3 rings (SSSR count). The number of hydrogen-bond acceptors (Lipinski definition) is 4. The molecular formula is C15H15N3O2. The quantitative estimate of drug-likeness (QED) is 0.919. The van der Waals surface area contributed by atoms with Crippen LogP contribution in [0.3, 0.4) is 0 Å². The van der Waals surface area contributed by atoms with Gasteiger partial charge in [0.05, 0.1) is 17.6 Å². The van der Waals surface area contributed by atoms with Gasteiger partial charge in [-0.3, -0.25) is 9.88 Å². The number of aromatic nitrogens is 2. The van der Waals surface area contributed by atoms with Crippen molar-refractivity contribution in [3.63, 3.8) is 0 Å². The van der Waals surface area contributed by atoms with Crippen molar-refractivity contribution in [2.24, 2.45) is 0 Å². The third kappa shape index (κ3) is 2.67. The number of benzene rings is 1. The Labute approximate surface area is 116 Å². The highest BCUT2D eigenvalue weighted by Crippen LogP contribution is 2.17. The number of aromatic carboxylic acids is 1. The smallest absolute Gasteiger partial charge is 0.356 e. The highest BCUT2D eigenvalue weighted by molar-refractivity contribution is 5.84. The Balaban J connectivity index is 1.74.